The van der Waals surface area contributed by atoms with Gasteiger partial charge in [0, 0.05) is 22.9 Å². The minimum atomic E-state index is 0.142. The summed E-state index contributed by atoms with van der Waals surface area (Å²) in [6, 6.07) is 8.45. The Morgan fingerprint density at radius 3 is 3.00 bits per heavy atom. The van der Waals surface area contributed by atoms with Crippen molar-refractivity contribution < 1.29 is 0 Å². The topological polar surface area (TPSA) is 54.7 Å². The lowest BCUT2D eigenvalue weighted by Crippen LogP contribution is -2.06. The lowest BCUT2D eigenvalue weighted by atomic mass is 10.0. The third kappa shape index (κ3) is 1.28. The minimum absolute atomic E-state index is 0.142. The molecule has 1 heterocycles. The molecule has 16 heavy (non-hydrogen) atoms. The zero-order valence-electron chi connectivity index (χ0n) is 9.33. The molecule has 3 rings (SSSR count). The molecule has 0 spiro atoms. The lowest BCUT2D eigenvalue weighted by Gasteiger charge is -2.07. The van der Waals surface area contributed by atoms with E-state index in [0.29, 0.717) is 0 Å². The van der Waals surface area contributed by atoms with Gasteiger partial charge in [-0.25, -0.2) is 0 Å². The van der Waals surface area contributed by atoms with E-state index in [1.54, 1.807) is 0 Å². The summed E-state index contributed by atoms with van der Waals surface area (Å²) in [6.07, 6.45) is 2.05. The Labute approximate surface area is 94.7 Å². The summed E-state index contributed by atoms with van der Waals surface area (Å²) in [5.74, 6) is 0. The Hall–Kier alpha value is -1.61. The number of hydrogen-bond acceptors (Lipinski definition) is 2. The molecule has 1 aliphatic carbocycles. The maximum atomic E-state index is 6.12. The standard InChI is InChI=1S/C13H15N3/c1-8-4-2-3-5-9(8)13-12-10(14)6-7-11(12)15-16-13/h2-5,10H,6-7,14H2,1H3,(H,15,16). The van der Waals surface area contributed by atoms with Gasteiger partial charge in [-0.05, 0) is 25.3 Å². The number of nitrogens with one attached hydrogen (secondary N) is 1. The second kappa shape index (κ2) is 3.46. The van der Waals surface area contributed by atoms with Gasteiger partial charge in [-0.15, -0.1) is 0 Å². The van der Waals surface area contributed by atoms with Crippen molar-refractivity contribution >= 4 is 0 Å². The van der Waals surface area contributed by atoms with E-state index in [0.717, 1.165) is 18.5 Å². The SMILES string of the molecule is Cc1ccccc1-c1n[nH]c2c1C(N)CC2. The molecule has 0 aliphatic heterocycles. The Morgan fingerprint density at radius 1 is 1.38 bits per heavy atom. The first-order chi connectivity index (χ1) is 7.77. The van der Waals surface area contributed by atoms with E-state index in [-0.39, 0.29) is 6.04 Å². The van der Waals surface area contributed by atoms with Gasteiger partial charge in [-0.3, -0.25) is 5.10 Å². The van der Waals surface area contributed by atoms with Crippen molar-refractivity contribution in [3.63, 3.8) is 0 Å². The normalized spacial score (nSPS) is 18.8. The Kier molecular flexibility index (Phi) is 2.07. The smallest absolute Gasteiger partial charge is 0.0973 e. The highest BCUT2D eigenvalue weighted by Crippen LogP contribution is 2.36. The van der Waals surface area contributed by atoms with Crippen molar-refractivity contribution in [1.82, 2.24) is 10.2 Å². The molecule has 0 amide bonds. The second-order valence-electron chi connectivity index (χ2n) is 4.42. The highest BCUT2D eigenvalue weighted by Gasteiger charge is 2.26. The van der Waals surface area contributed by atoms with Gasteiger partial charge in [0.05, 0.1) is 5.69 Å². The van der Waals surface area contributed by atoms with Gasteiger partial charge in [-0.1, -0.05) is 24.3 Å². The third-order valence-corrected chi connectivity index (χ3v) is 3.36. The van der Waals surface area contributed by atoms with Crippen LogP contribution in [0, 0.1) is 6.92 Å². The summed E-state index contributed by atoms with van der Waals surface area (Å²) >= 11 is 0. The Morgan fingerprint density at radius 2 is 2.19 bits per heavy atom. The van der Waals surface area contributed by atoms with E-state index in [1.165, 1.54) is 22.4 Å². The first-order valence-electron chi connectivity index (χ1n) is 5.66. The van der Waals surface area contributed by atoms with Crippen molar-refractivity contribution in [2.24, 2.45) is 5.73 Å². The van der Waals surface area contributed by atoms with E-state index in [1.807, 2.05) is 12.1 Å². The number of aromatic amines is 1. The first-order valence-corrected chi connectivity index (χ1v) is 5.66. The van der Waals surface area contributed by atoms with Crippen LogP contribution in [0.1, 0.15) is 29.3 Å². The van der Waals surface area contributed by atoms with Crippen molar-refractivity contribution in [1.29, 1.82) is 0 Å². The summed E-state index contributed by atoms with van der Waals surface area (Å²) < 4.78 is 0. The summed E-state index contributed by atoms with van der Waals surface area (Å²) in [5.41, 5.74) is 12.0. The summed E-state index contributed by atoms with van der Waals surface area (Å²) in [7, 11) is 0. The van der Waals surface area contributed by atoms with E-state index < -0.39 is 0 Å². The Balaban J connectivity index is 2.19. The van der Waals surface area contributed by atoms with Crippen LogP contribution < -0.4 is 5.73 Å². The zero-order valence-corrected chi connectivity index (χ0v) is 9.33. The van der Waals surface area contributed by atoms with Crippen LogP contribution in [-0.4, -0.2) is 10.2 Å². The number of hydrogen-bond donors (Lipinski definition) is 2. The number of nitrogens with zero attached hydrogens (tertiary/aromatic N) is 1. The monoisotopic (exact) mass is 213 g/mol. The van der Waals surface area contributed by atoms with Crippen LogP contribution in [0.15, 0.2) is 24.3 Å². The highest BCUT2D eigenvalue weighted by atomic mass is 15.1. The van der Waals surface area contributed by atoms with Crippen molar-refractivity contribution in [3.8, 4) is 11.3 Å². The van der Waals surface area contributed by atoms with Crippen molar-refractivity contribution in [3.05, 3.63) is 41.1 Å². The van der Waals surface area contributed by atoms with Crippen molar-refractivity contribution in [2.45, 2.75) is 25.8 Å². The molecule has 1 atom stereocenters. The van der Waals surface area contributed by atoms with Gasteiger partial charge < -0.3 is 5.73 Å². The maximum absolute atomic E-state index is 6.12. The molecule has 3 heteroatoms. The number of aromatic nitrogens is 2. The molecular formula is C13H15N3. The molecule has 82 valence electrons. The van der Waals surface area contributed by atoms with E-state index in [9.17, 15) is 0 Å². The second-order valence-corrected chi connectivity index (χ2v) is 4.42. The third-order valence-electron chi connectivity index (χ3n) is 3.36. The predicted octanol–water partition coefficient (Wildman–Crippen LogP) is 2.33. The van der Waals surface area contributed by atoms with Crippen LogP contribution in [0.4, 0.5) is 0 Å². The van der Waals surface area contributed by atoms with Crippen LogP contribution in [0.2, 0.25) is 0 Å². The molecule has 0 saturated carbocycles. The number of fused-ring (bicyclic) bond motifs is 1. The van der Waals surface area contributed by atoms with Crippen LogP contribution in [0.5, 0.6) is 0 Å². The molecule has 1 aromatic heterocycles. The minimum Gasteiger partial charge on any atom is -0.324 e. The molecule has 0 fully saturated rings. The van der Waals surface area contributed by atoms with Gasteiger partial charge in [0.15, 0.2) is 0 Å². The summed E-state index contributed by atoms with van der Waals surface area (Å²) in [5, 5.41) is 7.53. The Bertz CT molecular complexity index is 528. The number of benzene rings is 1. The molecule has 0 bridgehead atoms. The van der Waals surface area contributed by atoms with Crippen LogP contribution in [0.25, 0.3) is 11.3 Å². The van der Waals surface area contributed by atoms with E-state index >= 15 is 0 Å². The molecule has 0 radical (unpaired) electrons. The molecule has 1 aromatic carbocycles. The summed E-state index contributed by atoms with van der Waals surface area (Å²) in [6.45, 7) is 2.11. The molecule has 0 saturated heterocycles. The van der Waals surface area contributed by atoms with Gasteiger partial charge in [0.25, 0.3) is 0 Å². The quantitative estimate of drug-likeness (QED) is 0.763. The van der Waals surface area contributed by atoms with Crippen LogP contribution >= 0.6 is 0 Å². The number of aryl methyl sites for hydroxylation is 2. The maximum Gasteiger partial charge on any atom is 0.0973 e. The molecule has 2 aromatic rings. The van der Waals surface area contributed by atoms with Crippen LogP contribution in [0.3, 0.4) is 0 Å². The predicted molar refractivity (Wildman–Crippen MR) is 64.0 cm³/mol. The number of rotatable bonds is 1. The molecule has 1 aliphatic rings. The van der Waals surface area contributed by atoms with E-state index in [4.69, 9.17) is 5.73 Å². The van der Waals surface area contributed by atoms with Gasteiger partial charge in [0.1, 0.15) is 0 Å². The lowest BCUT2D eigenvalue weighted by molar-refractivity contribution is 0.705. The largest absolute Gasteiger partial charge is 0.324 e. The van der Waals surface area contributed by atoms with Crippen LogP contribution in [-0.2, 0) is 6.42 Å². The fourth-order valence-electron chi connectivity index (χ4n) is 2.46. The first kappa shape index (κ1) is 9.60. The fourth-order valence-corrected chi connectivity index (χ4v) is 2.46. The van der Waals surface area contributed by atoms with Gasteiger partial charge in [0.2, 0.25) is 0 Å². The summed E-state index contributed by atoms with van der Waals surface area (Å²) in [4.78, 5) is 0. The van der Waals surface area contributed by atoms with Gasteiger partial charge in [-0.2, -0.15) is 5.10 Å². The fraction of sp³-hybridized carbons (Fsp3) is 0.308. The zero-order chi connectivity index (χ0) is 11.1. The van der Waals surface area contributed by atoms with E-state index in [2.05, 4.69) is 29.3 Å². The molecule has 3 nitrogen and oxygen atoms in total. The number of nitrogens with two attached hydrogens (primary N) is 1. The number of H-pyrrole nitrogens is 1. The molecule has 1 unspecified atom stereocenters. The average molecular weight is 213 g/mol. The highest BCUT2D eigenvalue weighted by molar-refractivity contribution is 5.68. The van der Waals surface area contributed by atoms with Crippen molar-refractivity contribution in [2.75, 3.05) is 0 Å². The molecule has 3 N–H and O–H groups in total. The molecular weight excluding hydrogens is 198 g/mol. The average Bonchev–Trinajstić information content (AvgIpc) is 2.83. The van der Waals surface area contributed by atoms with Gasteiger partial charge >= 0.3 is 0 Å².